The van der Waals surface area contributed by atoms with Crippen LogP contribution in [0.1, 0.15) is 0 Å². The highest BCUT2D eigenvalue weighted by Crippen LogP contribution is 1.99. The molecule has 0 amide bonds. The van der Waals surface area contributed by atoms with Gasteiger partial charge in [-0.1, -0.05) is 0 Å². The zero-order valence-electron chi connectivity index (χ0n) is 5.41. The molecule has 0 aliphatic rings. The van der Waals surface area contributed by atoms with Gasteiger partial charge in [0.15, 0.2) is 0 Å². The number of nitrogens with zero attached hydrogens (tertiary/aromatic N) is 2. The molecule has 0 aliphatic carbocycles. The lowest BCUT2D eigenvalue weighted by molar-refractivity contribution is -0.742. The van der Waals surface area contributed by atoms with Crippen LogP contribution in [0.25, 0.3) is 0 Å². The van der Waals surface area contributed by atoms with Gasteiger partial charge in [0.2, 0.25) is 0 Å². The highest BCUT2D eigenvalue weighted by molar-refractivity contribution is 5.12. The molecule has 0 spiro atoms. The maximum absolute atomic E-state index is 8.57. The summed E-state index contributed by atoms with van der Waals surface area (Å²) in [5.74, 6) is 0.211. The molecule has 2 N–H and O–H groups in total. The molecule has 0 saturated heterocycles. The van der Waals surface area contributed by atoms with Crippen LogP contribution in [0.2, 0.25) is 0 Å². The largest absolute Gasteiger partial charge is 0.506 e. The molecule has 0 aliphatic heterocycles. The Bertz CT molecular complexity index is 209. The summed E-state index contributed by atoms with van der Waals surface area (Å²) in [5.41, 5.74) is 0. The minimum atomic E-state index is -1.50. The molecule has 1 rings (SSSR count). The monoisotopic (exact) mass is 158 g/mol. The lowest BCUT2D eigenvalue weighted by Crippen LogP contribution is -1.81. The minimum Gasteiger partial charge on any atom is -0.506 e. The van der Waals surface area contributed by atoms with Gasteiger partial charge in [-0.15, -0.1) is 10.1 Å². The predicted molar refractivity (Wildman–Crippen MR) is 34.7 cm³/mol. The average Bonchev–Trinajstić information content (AvgIpc) is 1.87. The molecule has 0 aromatic carbocycles. The lowest BCUT2D eigenvalue weighted by Gasteiger charge is -1.81. The van der Waals surface area contributed by atoms with Crippen molar-refractivity contribution in [2.24, 2.45) is 0 Å². The topological polar surface area (TPSA) is 96.5 Å². The van der Waals surface area contributed by atoms with E-state index in [0.29, 0.717) is 0 Å². The molecule has 1 aromatic rings. The average molecular weight is 158 g/mol. The normalized spacial score (nSPS) is 7.64. The number of hydrogen-bond donors (Lipinski definition) is 2. The van der Waals surface area contributed by atoms with E-state index in [4.69, 9.17) is 20.4 Å². The predicted octanol–water partition coefficient (Wildman–Crippen LogP) is 0.439. The Labute approximate surface area is 61.9 Å². The third-order valence-electron chi connectivity index (χ3n) is 0.646. The van der Waals surface area contributed by atoms with Crippen LogP contribution in [-0.2, 0) is 0 Å². The van der Waals surface area contributed by atoms with Crippen LogP contribution in [0.3, 0.4) is 0 Å². The fourth-order valence-corrected chi connectivity index (χ4v) is 0.354. The SMILES string of the molecule is O=[N+]([O-])O.Oc1cccnc1. The van der Waals surface area contributed by atoms with Crippen molar-refractivity contribution in [2.45, 2.75) is 0 Å². The van der Waals surface area contributed by atoms with Crippen LogP contribution in [0.4, 0.5) is 0 Å². The van der Waals surface area contributed by atoms with E-state index in [1.807, 2.05) is 0 Å². The molecule has 0 radical (unpaired) electrons. The summed E-state index contributed by atoms with van der Waals surface area (Å²) in [6.45, 7) is 0. The minimum absolute atomic E-state index is 0.211. The van der Waals surface area contributed by atoms with Crippen molar-refractivity contribution < 1.29 is 15.4 Å². The van der Waals surface area contributed by atoms with E-state index in [0.717, 1.165) is 0 Å². The fourth-order valence-electron chi connectivity index (χ4n) is 0.354. The molecule has 60 valence electrons. The van der Waals surface area contributed by atoms with Gasteiger partial charge in [0.05, 0.1) is 6.20 Å². The number of aromatic nitrogens is 1. The van der Waals surface area contributed by atoms with Gasteiger partial charge in [-0.25, -0.2) is 0 Å². The number of rotatable bonds is 0. The lowest BCUT2D eigenvalue weighted by atomic mass is 10.5. The number of hydrogen-bond acceptors (Lipinski definition) is 4. The maximum Gasteiger partial charge on any atom is 0.291 e. The summed E-state index contributed by atoms with van der Waals surface area (Å²) < 4.78 is 0. The third-order valence-corrected chi connectivity index (χ3v) is 0.646. The molecule has 0 atom stereocenters. The smallest absolute Gasteiger partial charge is 0.291 e. The zero-order chi connectivity index (χ0) is 8.69. The molecule has 0 fully saturated rings. The second-order valence-corrected chi connectivity index (χ2v) is 1.45. The molecule has 0 unspecified atom stereocenters. The van der Waals surface area contributed by atoms with Crippen LogP contribution in [-0.4, -0.2) is 20.4 Å². The highest BCUT2D eigenvalue weighted by Gasteiger charge is 1.76. The molecular formula is C5H6N2O4. The van der Waals surface area contributed by atoms with Crippen molar-refractivity contribution in [3.8, 4) is 5.75 Å². The van der Waals surface area contributed by atoms with Crippen molar-refractivity contribution in [1.82, 2.24) is 4.98 Å². The van der Waals surface area contributed by atoms with E-state index < -0.39 is 5.09 Å². The summed E-state index contributed by atoms with van der Waals surface area (Å²) in [6.07, 6.45) is 3.00. The Morgan fingerprint density at radius 3 is 2.36 bits per heavy atom. The van der Waals surface area contributed by atoms with Crippen molar-refractivity contribution in [1.29, 1.82) is 0 Å². The summed E-state index contributed by atoms with van der Waals surface area (Å²) >= 11 is 0. The first-order valence-electron chi connectivity index (χ1n) is 2.55. The van der Waals surface area contributed by atoms with E-state index in [2.05, 4.69) is 4.98 Å². The van der Waals surface area contributed by atoms with E-state index in [1.54, 1.807) is 18.3 Å². The second kappa shape index (κ2) is 4.98. The van der Waals surface area contributed by atoms with Gasteiger partial charge < -0.3 is 10.3 Å². The van der Waals surface area contributed by atoms with Crippen molar-refractivity contribution >= 4 is 0 Å². The molecule has 0 bridgehead atoms. The zero-order valence-corrected chi connectivity index (χ0v) is 5.41. The van der Waals surface area contributed by atoms with Crippen LogP contribution in [0, 0.1) is 10.1 Å². The van der Waals surface area contributed by atoms with Gasteiger partial charge in [0, 0.05) is 6.20 Å². The van der Waals surface area contributed by atoms with Crippen molar-refractivity contribution in [3.05, 3.63) is 34.6 Å². The van der Waals surface area contributed by atoms with E-state index >= 15 is 0 Å². The van der Waals surface area contributed by atoms with E-state index in [1.165, 1.54) is 6.20 Å². The Balaban J connectivity index is 0.000000218. The van der Waals surface area contributed by atoms with Gasteiger partial charge in [-0.2, -0.15) is 0 Å². The van der Waals surface area contributed by atoms with Crippen LogP contribution in [0.15, 0.2) is 24.5 Å². The molecule has 11 heavy (non-hydrogen) atoms. The van der Waals surface area contributed by atoms with Gasteiger partial charge >= 0.3 is 0 Å². The molecule has 1 heterocycles. The first-order valence-corrected chi connectivity index (χ1v) is 2.55. The Morgan fingerprint density at radius 1 is 1.64 bits per heavy atom. The third kappa shape index (κ3) is 8.15. The van der Waals surface area contributed by atoms with Gasteiger partial charge in [0.25, 0.3) is 5.09 Å². The van der Waals surface area contributed by atoms with Gasteiger partial charge in [-0.05, 0) is 12.1 Å². The van der Waals surface area contributed by atoms with Crippen molar-refractivity contribution in [3.63, 3.8) is 0 Å². The van der Waals surface area contributed by atoms with E-state index in [9.17, 15) is 0 Å². The maximum atomic E-state index is 8.57. The highest BCUT2D eigenvalue weighted by atomic mass is 16.9. The quantitative estimate of drug-likeness (QED) is 0.421. The summed E-state index contributed by atoms with van der Waals surface area (Å²) in [7, 11) is 0. The van der Waals surface area contributed by atoms with Crippen LogP contribution < -0.4 is 0 Å². The standard InChI is InChI=1S/C5H5NO.HNO3/c7-5-2-1-3-6-4-5;2-1(3)4/h1-4,7H;(H,2,3,4). The molecular weight excluding hydrogens is 152 g/mol. The van der Waals surface area contributed by atoms with Crippen LogP contribution >= 0.6 is 0 Å². The van der Waals surface area contributed by atoms with Crippen LogP contribution in [0.5, 0.6) is 5.75 Å². The first-order chi connectivity index (χ1) is 5.13. The van der Waals surface area contributed by atoms with Crippen molar-refractivity contribution in [2.75, 3.05) is 0 Å². The molecule has 6 nitrogen and oxygen atoms in total. The Hall–Kier alpha value is -1.85. The summed E-state index contributed by atoms with van der Waals surface area (Å²) in [4.78, 5) is 12.0. The van der Waals surface area contributed by atoms with Gasteiger partial charge in [-0.3, -0.25) is 4.98 Å². The number of pyridine rings is 1. The van der Waals surface area contributed by atoms with E-state index in [-0.39, 0.29) is 5.75 Å². The Kier molecular flexibility index (Phi) is 4.14. The first kappa shape index (κ1) is 9.15. The summed E-state index contributed by atoms with van der Waals surface area (Å²) in [6, 6.07) is 3.25. The summed E-state index contributed by atoms with van der Waals surface area (Å²) in [5, 5.41) is 22.2. The molecule has 0 saturated carbocycles. The Morgan fingerprint density at radius 2 is 2.18 bits per heavy atom. The molecule has 1 aromatic heterocycles. The van der Waals surface area contributed by atoms with Gasteiger partial charge in [0.1, 0.15) is 5.75 Å². The molecule has 6 heteroatoms. The fraction of sp³-hybridized carbons (Fsp3) is 0. The number of aromatic hydroxyl groups is 1. The second-order valence-electron chi connectivity index (χ2n) is 1.45.